The van der Waals surface area contributed by atoms with Crippen LogP contribution < -0.4 is 10.6 Å². The molecule has 0 saturated carbocycles. The Morgan fingerprint density at radius 1 is 0.822 bits per heavy atom. The second kappa shape index (κ2) is 15.9. The first-order chi connectivity index (χ1) is 20.8. The molecule has 0 saturated heterocycles. The van der Waals surface area contributed by atoms with Gasteiger partial charge in [-0.3, -0.25) is 9.59 Å². The molecule has 10 nitrogen and oxygen atoms in total. The number of amides is 3. The van der Waals surface area contributed by atoms with Gasteiger partial charge in [0.2, 0.25) is 11.8 Å². The Labute approximate surface area is 267 Å². The minimum Gasteiger partial charge on any atom is -0.458 e. The second-order valence-electron chi connectivity index (χ2n) is 13.6. The van der Waals surface area contributed by atoms with E-state index in [1.54, 1.807) is 55.4 Å². The largest absolute Gasteiger partial charge is 0.458 e. The highest BCUT2D eigenvalue weighted by molar-refractivity contribution is 5.94. The van der Waals surface area contributed by atoms with Crippen LogP contribution in [0.4, 0.5) is 4.79 Å². The number of carbonyl (C=O) groups excluding carboxylic acids is 4. The number of alkyl carbamates (subject to hydrolysis) is 1. The van der Waals surface area contributed by atoms with Crippen molar-refractivity contribution in [2.24, 2.45) is 5.92 Å². The number of esters is 1. The lowest BCUT2D eigenvalue weighted by Crippen LogP contribution is -2.57. The van der Waals surface area contributed by atoms with Crippen LogP contribution in [-0.4, -0.2) is 70.3 Å². The number of hydrogen-bond donors (Lipinski definition) is 3. The van der Waals surface area contributed by atoms with E-state index in [2.05, 4.69) is 10.6 Å². The Morgan fingerprint density at radius 3 is 1.87 bits per heavy atom. The van der Waals surface area contributed by atoms with Crippen LogP contribution in [0, 0.1) is 19.8 Å². The smallest absolute Gasteiger partial charge is 0.408 e. The maximum atomic E-state index is 14.4. The molecular formula is C35H51N3O7. The van der Waals surface area contributed by atoms with E-state index in [-0.39, 0.29) is 18.9 Å². The molecule has 3 atom stereocenters. The molecule has 0 heterocycles. The Kier molecular flexibility index (Phi) is 13.2. The summed E-state index contributed by atoms with van der Waals surface area (Å²) in [5.74, 6) is -2.21. The number of carbonyl (C=O) groups is 4. The van der Waals surface area contributed by atoms with E-state index in [1.165, 1.54) is 4.90 Å². The number of benzene rings is 2. The number of ether oxygens (including phenoxy) is 2. The maximum absolute atomic E-state index is 14.4. The van der Waals surface area contributed by atoms with Gasteiger partial charge < -0.3 is 30.1 Å². The number of hydrogen-bond acceptors (Lipinski definition) is 7. The minimum absolute atomic E-state index is 0.156. The molecule has 0 spiro atoms. The van der Waals surface area contributed by atoms with E-state index in [9.17, 15) is 24.3 Å². The summed E-state index contributed by atoms with van der Waals surface area (Å²) in [7, 11) is 0. The second-order valence-corrected chi connectivity index (χ2v) is 13.6. The summed E-state index contributed by atoms with van der Waals surface area (Å²) in [6, 6.07) is 11.4. The summed E-state index contributed by atoms with van der Waals surface area (Å²) in [4.78, 5) is 56.2. The van der Waals surface area contributed by atoms with Gasteiger partial charge in [0.15, 0.2) is 0 Å². The summed E-state index contributed by atoms with van der Waals surface area (Å²) in [6.07, 6.45) is -0.622. The number of aliphatic hydroxyl groups is 1. The Morgan fingerprint density at radius 2 is 1.38 bits per heavy atom. The predicted octanol–water partition coefficient (Wildman–Crippen LogP) is 4.78. The first-order valence-corrected chi connectivity index (χ1v) is 15.4. The van der Waals surface area contributed by atoms with Gasteiger partial charge >= 0.3 is 12.1 Å². The van der Waals surface area contributed by atoms with Gasteiger partial charge in [0.05, 0.1) is 6.61 Å². The quantitative estimate of drug-likeness (QED) is 0.289. The lowest BCUT2D eigenvalue weighted by Gasteiger charge is -2.37. The molecule has 10 heteroatoms. The molecule has 2 aromatic rings. The zero-order chi connectivity index (χ0) is 34.1. The van der Waals surface area contributed by atoms with Crippen molar-refractivity contribution in [2.75, 3.05) is 13.2 Å². The third-order valence-electron chi connectivity index (χ3n) is 6.89. The Balaban J connectivity index is 2.63. The molecule has 0 aliphatic carbocycles. The van der Waals surface area contributed by atoms with Crippen molar-refractivity contribution in [1.82, 2.24) is 15.5 Å². The van der Waals surface area contributed by atoms with E-state index in [4.69, 9.17) is 9.47 Å². The number of nitrogens with one attached hydrogen (secondary N) is 2. The highest BCUT2D eigenvalue weighted by atomic mass is 16.6. The first-order valence-electron chi connectivity index (χ1n) is 15.4. The zero-order valence-electron chi connectivity index (χ0n) is 28.4. The molecule has 248 valence electrons. The highest BCUT2D eigenvalue weighted by Gasteiger charge is 2.40. The monoisotopic (exact) mass is 625 g/mol. The van der Waals surface area contributed by atoms with Crippen LogP contribution in [-0.2, 0) is 30.3 Å². The molecular weight excluding hydrogens is 574 g/mol. The molecule has 3 amide bonds. The normalized spacial score (nSPS) is 13.8. The molecule has 2 rings (SSSR count). The van der Waals surface area contributed by atoms with Crippen LogP contribution in [0.25, 0.3) is 0 Å². The van der Waals surface area contributed by atoms with E-state index >= 15 is 0 Å². The average molecular weight is 626 g/mol. The average Bonchev–Trinajstić information content (AvgIpc) is 2.90. The van der Waals surface area contributed by atoms with Gasteiger partial charge in [-0.25, -0.2) is 9.59 Å². The van der Waals surface area contributed by atoms with Crippen molar-refractivity contribution in [3.63, 3.8) is 0 Å². The standard InChI is InChI=1S/C35H51N3O7/c1-22(2)28(37-33(43)45-35(8,9)10)31(41)38(19-20-39)29(27-23(3)15-14-16-24(27)4)30(40)36-26(32(42)44-34(5,6)7)21-25-17-12-11-13-18-25/h11-18,22,26,28-29,39H,19-21H2,1-10H3,(H,36,40)(H,37,43). The molecule has 0 aliphatic rings. The molecule has 0 aromatic heterocycles. The van der Waals surface area contributed by atoms with E-state index in [1.807, 2.05) is 62.4 Å². The van der Waals surface area contributed by atoms with Gasteiger partial charge in [0.25, 0.3) is 0 Å². The van der Waals surface area contributed by atoms with Crippen LogP contribution in [0.3, 0.4) is 0 Å². The SMILES string of the molecule is Cc1cccc(C)c1C(C(=O)NC(Cc1ccccc1)C(=O)OC(C)(C)C)N(CCO)C(=O)C(NC(=O)OC(C)(C)C)C(C)C. The molecule has 0 radical (unpaired) electrons. The summed E-state index contributed by atoms with van der Waals surface area (Å²) in [6.45, 7) is 16.9. The maximum Gasteiger partial charge on any atom is 0.408 e. The molecule has 0 aliphatic heterocycles. The Hall–Kier alpha value is -3.92. The molecule has 3 unspecified atom stereocenters. The van der Waals surface area contributed by atoms with Crippen molar-refractivity contribution in [1.29, 1.82) is 0 Å². The van der Waals surface area contributed by atoms with Gasteiger partial charge in [-0.1, -0.05) is 62.4 Å². The molecule has 45 heavy (non-hydrogen) atoms. The van der Waals surface area contributed by atoms with Crippen molar-refractivity contribution >= 4 is 23.9 Å². The number of rotatable bonds is 12. The van der Waals surface area contributed by atoms with Gasteiger partial charge in [-0.05, 0) is 83.6 Å². The van der Waals surface area contributed by atoms with Crippen LogP contribution in [0.5, 0.6) is 0 Å². The van der Waals surface area contributed by atoms with Crippen LogP contribution in [0.2, 0.25) is 0 Å². The summed E-state index contributed by atoms with van der Waals surface area (Å²) in [5, 5.41) is 15.7. The minimum atomic E-state index is -1.24. The van der Waals surface area contributed by atoms with Crippen molar-refractivity contribution in [3.05, 3.63) is 70.8 Å². The fourth-order valence-corrected chi connectivity index (χ4v) is 4.95. The van der Waals surface area contributed by atoms with Crippen LogP contribution in [0.15, 0.2) is 48.5 Å². The van der Waals surface area contributed by atoms with Gasteiger partial charge in [0.1, 0.15) is 29.3 Å². The summed E-state index contributed by atoms with van der Waals surface area (Å²) in [5.41, 5.74) is 1.24. The summed E-state index contributed by atoms with van der Waals surface area (Å²) < 4.78 is 11.1. The van der Waals surface area contributed by atoms with E-state index in [0.717, 1.165) is 16.7 Å². The van der Waals surface area contributed by atoms with E-state index < -0.39 is 59.8 Å². The molecule has 3 N–H and O–H groups in total. The number of aliphatic hydroxyl groups excluding tert-OH is 1. The molecule has 2 aromatic carbocycles. The van der Waals surface area contributed by atoms with Crippen molar-refractivity contribution in [2.45, 2.75) is 105 Å². The highest BCUT2D eigenvalue weighted by Crippen LogP contribution is 2.29. The number of aryl methyl sites for hydroxylation is 2. The zero-order valence-corrected chi connectivity index (χ0v) is 28.4. The molecule has 0 bridgehead atoms. The van der Waals surface area contributed by atoms with Crippen molar-refractivity contribution < 1.29 is 33.8 Å². The third-order valence-corrected chi connectivity index (χ3v) is 6.89. The van der Waals surface area contributed by atoms with Crippen molar-refractivity contribution in [3.8, 4) is 0 Å². The first kappa shape index (κ1) is 37.3. The van der Waals surface area contributed by atoms with E-state index in [0.29, 0.717) is 5.56 Å². The lowest BCUT2D eigenvalue weighted by molar-refractivity contribution is -0.159. The van der Waals surface area contributed by atoms with Crippen LogP contribution in [0.1, 0.15) is 83.7 Å². The fraction of sp³-hybridized carbons (Fsp3) is 0.543. The third kappa shape index (κ3) is 11.5. The molecule has 0 fully saturated rings. The fourth-order valence-electron chi connectivity index (χ4n) is 4.95. The predicted molar refractivity (Wildman–Crippen MR) is 173 cm³/mol. The van der Waals surface area contributed by atoms with Gasteiger partial charge in [-0.15, -0.1) is 0 Å². The lowest BCUT2D eigenvalue weighted by atomic mass is 9.92. The Bertz CT molecular complexity index is 1290. The van der Waals surface area contributed by atoms with Crippen LogP contribution >= 0.6 is 0 Å². The number of nitrogens with zero attached hydrogens (tertiary/aromatic N) is 1. The van der Waals surface area contributed by atoms with Gasteiger partial charge in [-0.2, -0.15) is 0 Å². The topological polar surface area (TPSA) is 134 Å². The van der Waals surface area contributed by atoms with Gasteiger partial charge in [0, 0.05) is 13.0 Å². The summed E-state index contributed by atoms with van der Waals surface area (Å²) >= 11 is 0.